The van der Waals surface area contributed by atoms with Crippen LogP contribution in [-0.2, 0) is 6.42 Å². The Bertz CT molecular complexity index is 363. The van der Waals surface area contributed by atoms with Crippen LogP contribution in [-0.4, -0.2) is 22.4 Å². The molecule has 17 heavy (non-hydrogen) atoms. The third-order valence-electron chi connectivity index (χ3n) is 2.45. The normalized spacial score (nSPS) is 11.5. The predicted molar refractivity (Wildman–Crippen MR) is 70.7 cm³/mol. The minimum absolute atomic E-state index is 0.125. The smallest absolute Gasteiger partial charge is 0.162 e. The number of hydrogen-bond donors (Lipinski definition) is 1. The quantitative estimate of drug-likeness (QED) is 0.625. The van der Waals surface area contributed by atoms with Crippen molar-refractivity contribution in [3.63, 3.8) is 0 Å². The van der Waals surface area contributed by atoms with Crippen molar-refractivity contribution >= 4 is 17.4 Å². The van der Waals surface area contributed by atoms with Crippen LogP contribution in [0.3, 0.4) is 0 Å². The van der Waals surface area contributed by atoms with E-state index in [2.05, 4.69) is 0 Å². The van der Waals surface area contributed by atoms with Gasteiger partial charge in [-0.05, 0) is 25.8 Å². The summed E-state index contributed by atoms with van der Waals surface area (Å²) in [7, 11) is 0. The van der Waals surface area contributed by atoms with Crippen LogP contribution >= 0.6 is 11.6 Å². The van der Waals surface area contributed by atoms with E-state index < -0.39 is 5.60 Å². The molecule has 3 heteroatoms. The summed E-state index contributed by atoms with van der Waals surface area (Å²) in [5.74, 6) is 0.642. The van der Waals surface area contributed by atoms with E-state index in [1.165, 1.54) is 0 Å². The van der Waals surface area contributed by atoms with Gasteiger partial charge in [0.2, 0.25) is 0 Å². The first-order chi connectivity index (χ1) is 7.92. The minimum Gasteiger partial charge on any atom is -0.390 e. The molecular weight excluding hydrogens is 236 g/mol. The van der Waals surface area contributed by atoms with Crippen LogP contribution in [0.2, 0.25) is 0 Å². The molecule has 1 aromatic rings. The van der Waals surface area contributed by atoms with Crippen molar-refractivity contribution in [2.24, 2.45) is 0 Å². The molecule has 0 saturated carbocycles. The van der Waals surface area contributed by atoms with Crippen LogP contribution in [0.15, 0.2) is 24.3 Å². The Balaban J connectivity index is 2.64. The maximum absolute atomic E-state index is 11.7. The highest BCUT2D eigenvalue weighted by Gasteiger charge is 2.13. The average molecular weight is 255 g/mol. The zero-order valence-corrected chi connectivity index (χ0v) is 11.1. The largest absolute Gasteiger partial charge is 0.390 e. The molecule has 0 aliphatic rings. The van der Waals surface area contributed by atoms with Crippen LogP contribution in [0.4, 0.5) is 0 Å². The van der Waals surface area contributed by atoms with Crippen LogP contribution in [0.25, 0.3) is 0 Å². The van der Waals surface area contributed by atoms with E-state index in [0.29, 0.717) is 25.1 Å². The maximum Gasteiger partial charge on any atom is 0.162 e. The Morgan fingerprint density at radius 3 is 2.35 bits per heavy atom. The third kappa shape index (κ3) is 5.33. The Kier molecular flexibility index (Phi) is 5.16. The number of Topliss-reactive ketones (excluding diaryl/α,β-unsaturated/α-hetero) is 1. The Morgan fingerprint density at radius 2 is 1.88 bits per heavy atom. The van der Waals surface area contributed by atoms with Crippen LogP contribution in [0.5, 0.6) is 0 Å². The van der Waals surface area contributed by atoms with Crippen molar-refractivity contribution in [1.29, 1.82) is 0 Å². The number of hydrogen-bond acceptors (Lipinski definition) is 2. The van der Waals surface area contributed by atoms with Gasteiger partial charge in [0, 0.05) is 24.3 Å². The lowest BCUT2D eigenvalue weighted by Gasteiger charge is -2.16. The van der Waals surface area contributed by atoms with Crippen LogP contribution in [0, 0.1) is 0 Å². The summed E-state index contributed by atoms with van der Waals surface area (Å²) in [4.78, 5) is 11.7. The molecule has 2 nitrogen and oxygen atoms in total. The number of ketones is 1. The third-order valence-corrected chi connectivity index (χ3v) is 2.72. The molecular formula is C14H19ClO2. The van der Waals surface area contributed by atoms with Gasteiger partial charge in [-0.3, -0.25) is 4.79 Å². The standard InChI is InChI=1S/C14H19ClO2/c1-14(2,17)10-11-5-7-12(8-6-11)13(16)4-3-9-15/h5-8,17H,3-4,9-10H2,1-2H3. The van der Waals surface area contributed by atoms with Crippen molar-refractivity contribution in [2.45, 2.75) is 38.7 Å². The average Bonchev–Trinajstić information content (AvgIpc) is 2.24. The fourth-order valence-electron chi connectivity index (χ4n) is 1.68. The summed E-state index contributed by atoms with van der Waals surface area (Å²) in [6.07, 6.45) is 1.79. The fourth-order valence-corrected chi connectivity index (χ4v) is 1.81. The molecule has 0 amide bonds. The lowest BCUT2D eigenvalue weighted by molar-refractivity contribution is 0.0810. The number of benzene rings is 1. The van der Waals surface area contributed by atoms with Crippen molar-refractivity contribution < 1.29 is 9.90 Å². The molecule has 0 unspecified atom stereocenters. The second kappa shape index (κ2) is 6.18. The molecule has 0 radical (unpaired) electrons. The molecule has 0 aliphatic heterocycles. The van der Waals surface area contributed by atoms with E-state index >= 15 is 0 Å². The van der Waals surface area contributed by atoms with Gasteiger partial charge in [0.25, 0.3) is 0 Å². The molecule has 1 rings (SSSR count). The summed E-state index contributed by atoms with van der Waals surface area (Å²) < 4.78 is 0. The topological polar surface area (TPSA) is 37.3 Å². The van der Waals surface area contributed by atoms with E-state index in [9.17, 15) is 9.90 Å². The highest BCUT2D eigenvalue weighted by Crippen LogP contribution is 2.14. The second-order valence-corrected chi connectivity index (χ2v) is 5.28. The van der Waals surface area contributed by atoms with Crippen molar-refractivity contribution in [1.82, 2.24) is 0 Å². The summed E-state index contributed by atoms with van der Waals surface area (Å²) >= 11 is 5.55. The lowest BCUT2D eigenvalue weighted by Crippen LogP contribution is -2.21. The lowest BCUT2D eigenvalue weighted by atomic mass is 9.97. The SMILES string of the molecule is CC(C)(O)Cc1ccc(C(=O)CCCCl)cc1. The Morgan fingerprint density at radius 1 is 1.29 bits per heavy atom. The number of halogens is 1. The molecule has 0 bridgehead atoms. The molecule has 0 saturated heterocycles. The Hall–Kier alpha value is -0.860. The fraction of sp³-hybridized carbons (Fsp3) is 0.500. The van der Waals surface area contributed by atoms with Crippen LogP contribution in [0.1, 0.15) is 42.6 Å². The molecule has 0 spiro atoms. The predicted octanol–water partition coefficient (Wildman–Crippen LogP) is 3.20. The summed E-state index contributed by atoms with van der Waals surface area (Å²) in [6.45, 7) is 3.54. The zero-order chi connectivity index (χ0) is 12.9. The van der Waals surface area contributed by atoms with E-state index in [1.54, 1.807) is 13.8 Å². The number of rotatable bonds is 6. The minimum atomic E-state index is -0.718. The van der Waals surface area contributed by atoms with Crippen LogP contribution < -0.4 is 0 Å². The van der Waals surface area contributed by atoms with Crippen molar-refractivity contribution in [2.75, 3.05) is 5.88 Å². The summed E-state index contributed by atoms with van der Waals surface area (Å²) in [6, 6.07) is 7.42. The maximum atomic E-state index is 11.7. The molecule has 0 aliphatic carbocycles. The highest BCUT2D eigenvalue weighted by molar-refractivity contribution is 6.18. The van der Waals surface area contributed by atoms with Gasteiger partial charge in [-0.25, -0.2) is 0 Å². The molecule has 0 fully saturated rings. The Labute approximate surface area is 108 Å². The van der Waals surface area contributed by atoms with Gasteiger partial charge < -0.3 is 5.11 Å². The van der Waals surface area contributed by atoms with Gasteiger partial charge in [0.1, 0.15) is 0 Å². The number of carbonyl (C=O) groups is 1. The molecule has 94 valence electrons. The molecule has 0 atom stereocenters. The van der Waals surface area contributed by atoms with Gasteiger partial charge in [0.05, 0.1) is 5.60 Å². The molecule has 0 aromatic heterocycles. The zero-order valence-electron chi connectivity index (χ0n) is 10.4. The number of carbonyl (C=O) groups excluding carboxylic acids is 1. The number of aliphatic hydroxyl groups is 1. The highest BCUT2D eigenvalue weighted by atomic mass is 35.5. The second-order valence-electron chi connectivity index (χ2n) is 4.90. The van der Waals surface area contributed by atoms with Gasteiger partial charge in [-0.1, -0.05) is 24.3 Å². The first-order valence-electron chi connectivity index (χ1n) is 5.83. The first-order valence-corrected chi connectivity index (χ1v) is 6.36. The van der Waals surface area contributed by atoms with E-state index in [4.69, 9.17) is 11.6 Å². The molecule has 1 aromatic carbocycles. The van der Waals surface area contributed by atoms with Gasteiger partial charge in [-0.2, -0.15) is 0 Å². The summed E-state index contributed by atoms with van der Waals surface area (Å²) in [5, 5.41) is 9.68. The van der Waals surface area contributed by atoms with Crippen molar-refractivity contribution in [3.05, 3.63) is 35.4 Å². The van der Waals surface area contributed by atoms with E-state index in [-0.39, 0.29) is 5.78 Å². The molecule has 1 N–H and O–H groups in total. The number of alkyl halides is 1. The van der Waals surface area contributed by atoms with Gasteiger partial charge in [-0.15, -0.1) is 11.6 Å². The first kappa shape index (κ1) is 14.2. The van der Waals surface area contributed by atoms with E-state index in [1.807, 2.05) is 24.3 Å². The van der Waals surface area contributed by atoms with Crippen molar-refractivity contribution in [3.8, 4) is 0 Å². The van der Waals surface area contributed by atoms with Gasteiger partial charge in [0.15, 0.2) is 5.78 Å². The van der Waals surface area contributed by atoms with Gasteiger partial charge >= 0.3 is 0 Å². The van der Waals surface area contributed by atoms with E-state index in [0.717, 1.165) is 11.1 Å². The summed E-state index contributed by atoms with van der Waals surface area (Å²) in [5.41, 5.74) is 1.03. The monoisotopic (exact) mass is 254 g/mol. The molecule has 0 heterocycles.